The number of guanidine groups is 1. The van der Waals surface area contributed by atoms with Crippen LogP contribution in [0.15, 0.2) is 29.3 Å². The number of aliphatic hydroxyl groups is 1. The van der Waals surface area contributed by atoms with Crippen LogP contribution in [0.4, 0.5) is 0 Å². The maximum Gasteiger partial charge on any atom is 0.191 e. The number of aryl methyl sites for hydroxylation is 1. The van der Waals surface area contributed by atoms with E-state index in [1.165, 1.54) is 5.56 Å². The summed E-state index contributed by atoms with van der Waals surface area (Å²) in [6, 6.07) is 8.11. The number of fused-ring (bicyclic) bond motifs is 1. The lowest BCUT2D eigenvalue weighted by molar-refractivity contribution is 0.0485. The molecule has 0 saturated heterocycles. The molecule has 1 aromatic carbocycles. The van der Waals surface area contributed by atoms with E-state index in [2.05, 4.69) is 21.7 Å². The molecule has 1 aliphatic carbocycles. The van der Waals surface area contributed by atoms with Gasteiger partial charge in [-0.2, -0.15) is 0 Å². The Morgan fingerprint density at radius 3 is 2.83 bits per heavy atom. The Morgan fingerprint density at radius 2 is 2.08 bits per heavy atom. The van der Waals surface area contributed by atoms with E-state index < -0.39 is 5.60 Å². The van der Waals surface area contributed by atoms with Gasteiger partial charge in [0, 0.05) is 26.3 Å². The molecule has 0 amide bonds. The van der Waals surface area contributed by atoms with Gasteiger partial charge in [0.2, 0.25) is 0 Å². The Bertz CT molecular complexity index is 525. The third-order valence-corrected chi connectivity index (χ3v) is 4.13. The first-order valence-electron chi connectivity index (χ1n) is 8.60. The van der Waals surface area contributed by atoms with E-state index in [9.17, 15) is 5.11 Å². The molecule has 0 heterocycles. The summed E-state index contributed by atoms with van der Waals surface area (Å²) in [6.45, 7) is 7.52. The van der Waals surface area contributed by atoms with Crippen molar-refractivity contribution in [3.63, 3.8) is 0 Å². The fourth-order valence-corrected chi connectivity index (χ4v) is 2.91. The maximum atomic E-state index is 10.9. The van der Waals surface area contributed by atoms with Crippen LogP contribution in [0.25, 0.3) is 0 Å². The van der Waals surface area contributed by atoms with Gasteiger partial charge in [-0.1, -0.05) is 24.3 Å². The molecule has 136 valence electrons. The predicted octanol–water partition coefficient (Wildman–Crippen LogP) is 2.42. The van der Waals surface area contributed by atoms with E-state index in [1.54, 1.807) is 0 Å². The number of halogens is 1. The van der Waals surface area contributed by atoms with Gasteiger partial charge in [0.05, 0.1) is 6.54 Å². The Kier molecular flexibility index (Phi) is 9.61. The molecule has 0 bridgehead atoms. The van der Waals surface area contributed by atoms with Crippen molar-refractivity contribution < 1.29 is 9.84 Å². The topological polar surface area (TPSA) is 65.9 Å². The minimum Gasteiger partial charge on any atom is -0.383 e. The van der Waals surface area contributed by atoms with Gasteiger partial charge >= 0.3 is 0 Å². The number of nitrogens with zero attached hydrogens (tertiary/aromatic N) is 1. The molecular formula is C18H30IN3O2. The number of nitrogens with one attached hydrogen (secondary N) is 2. The van der Waals surface area contributed by atoms with Crippen molar-refractivity contribution in [1.82, 2.24) is 10.6 Å². The van der Waals surface area contributed by atoms with Crippen molar-refractivity contribution in [2.75, 3.05) is 32.8 Å². The molecule has 0 saturated carbocycles. The zero-order chi connectivity index (χ0) is 16.5. The minimum absolute atomic E-state index is 0. The van der Waals surface area contributed by atoms with Gasteiger partial charge in [0.15, 0.2) is 5.96 Å². The molecule has 2 rings (SSSR count). The molecule has 6 heteroatoms. The standard InChI is InChI=1S/C18H29N3O2.HI/c1-3-19-17(20-12-7-13-23-4-2)21-14-18(22)11-10-15-8-5-6-9-16(15)18;/h5-6,8-9,22H,3-4,7,10-14H2,1-2H3,(H2,19,20,21);1H. The molecule has 1 aromatic rings. The van der Waals surface area contributed by atoms with Gasteiger partial charge in [-0.15, -0.1) is 24.0 Å². The quantitative estimate of drug-likeness (QED) is 0.248. The Morgan fingerprint density at radius 1 is 1.29 bits per heavy atom. The zero-order valence-electron chi connectivity index (χ0n) is 14.7. The zero-order valence-corrected chi connectivity index (χ0v) is 17.0. The molecule has 0 aliphatic heterocycles. The van der Waals surface area contributed by atoms with Crippen LogP contribution in [0.3, 0.4) is 0 Å². The molecule has 0 aromatic heterocycles. The van der Waals surface area contributed by atoms with Crippen LogP contribution in [0.5, 0.6) is 0 Å². The van der Waals surface area contributed by atoms with Crippen molar-refractivity contribution in [3.8, 4) is 0 Å². The number of rotatable bonds is 8. The van der Waals surface area contributed by atoms with Crippen molar-refractivity contribution in [2.45, 2.75) is 38.7 Å². The van der Waals surface area contributed by atoms with E-state index in [0.29, 0.717) is 6.54 Å². The highest BCUT2D eigenvalue weighted by Gasteiger charge is 2.36. The van der Waals surface area contributed by atoms with Crippen LogP contribution in [0.2, 0.25) is 0 Å². The lowest BCUT2D eigenvalue weighted by atomic mass is 9.96. The Balaban J connectivity index is 0.00000288. The van der Waals surface area contributed by atoms with Gasteiger partial charge in [-0.05, 0) is 44.2 Å². The van der Waals surface area contributed by atoms with Crippen LogP contribution in [0, 0.1) is 0 Å². The number of benzene rings is 1. The van der Waals surface area contributed by atoms with Crippen LogP contribution < -0.4 is 10.6 Å². The number of ether oxygens (including phenoxy) is 1. The second-order valence-electron chi connectivity index (χ2n) is 5.86. The van der Waals surface area contributed by atoms with Crippen LogP contribution in [-0.2, 0) is 16.8 Å². The summed E-state index contributed by atoms with van der Waals surface area (Å²) in [6.07, 6.45) is 2.59. The first kappa shape index (κ1) is 21.2. The third kappa shape index (κ3) is 5.89. The van der Waals surface area contributed by atoms with Gasteiger partial charge in [-0.3, -0.25) is 0 Å². The lowest BCUT2D eigenvalue weighted by Crippen LogP contribution is -2.39. The largest absolute Gasteiger partial charge is 0.383 e. The van der Waals surface area contributed by atoms with Gasteiger partial charge in [-0.25, -0.2) is 4.99 Å². The normalized spacial score (nSPS) is 19.5. The van der Waals surface area contributed by atoms with E-state index in [0.717, 1.165) is 57.1 Å². The molecule has 0 radical (unpaired) electrons. The number of hydrogen-bond acceptors (Lipinski definition) is 3. The van der Waals surface area contributed by atoms with E-state index in [4.69, 9.17) is 4.74 Å². The Hall–Kier alpha value is -0.860. The highest BCUT2D eigenvalue weighted by Crippen LogP contribution is 2.36. The molecule has 24 heavy (non-hydrogen) atoms. The van der Waals surface area contributed by atoms with Gasteiger partial charge in [0.25, 0.3) is 0 Å². The van der Waals surface area contributed by atoms with E-state index in [1.807, 2.05) is 32.0 Å². The molecule has 1 unspecified atom stereocenters. The third-order valence-electron chi connectivity index (χ3n) is 4.13. The van der Waals surface area contributed by atoms with E-state index >= 15 is 0 Å². The van der Waals surface area contributed by atoms with E-state index in [-0.39, 0.29) is 24.0 Å². The molecule has 1 aliphatic rings. The molecule has 0 spiro atoms. The summed E-state index contributed by atoms with van der Waals surface area (Å²) in [5.74, 6) is 0.752. The Labute approximate surface area is 162 Å². The highest BCUT2D eigenvalue weighted by atomic mass is 127. The summed E-state index contributed by atoms with van der Waals surface area (Å²) >= 11 is 0. The first-order chi connectivity index (χ1) is 11.2. The van der Waals surface area contributed by atoms with Crippen molar-refractivity contribution >= 4 is 29.9 Å². The molecule has 3 N–H and O–H groups in total. The molecule has 0 fully saturated rings. The van der Waals surface area contributed by atoms with Gasteiger partial charge < -0.3 is 20.5 Å². The van der Waals surface area contributed by atoms with Crippen LogP contribution in [0.1, 0.15) is 37.8 Å². The SMILES string of the molecule is CCNC(=NCC1(O)CCc2ccccc21)NCCCOCC.I. The fourth-order valence-electron chi connectivity index (χ4n) is 2.91. The highest BCUT2D eigenvalue weighted by molar-refractivity contribution is 14.0. The first-order valence-corrected chi connectivity index (χ1v) is 8.60. The predicted molar refractivity (Wildman–Crippen MR) is 109 cm³/mol. The van der Waals surface area contributed by atoms with Crippen LogP contribution >= 0.6 is 24.0 Å². The number of aliphatic imine (C=N–C) groups is 1. The summed E-state index contributed by atoms with van der Waals surface area (Å²) < 4.78 is 5.33. The van der Waals surface area contributed by atoms with Crippen molar-refractivity contribution in [3.05, 3.63) is 35.4 Å². The minimum atomic E-state index is -0.843. The summed E-state index contributed by atoms with van der Waals surface area (Å²) in [7, 11) is 0. The van der Waals surface area contributed by atoms with Gasteiger partial charge in [0.1, 0.15) is 5.60 Å². The summed E-state index contributed by atoms with van der Waals surface area (Å²) in [4.78, 5) is 4.59. The fraction of sp³-hybridized carbons (Fsp3) is 0.611. The summed E-state index contributed by atoms with van der Waals surface area (Å²) in [5, 5.41) is 17.4. The second-order valence-corrected chi connectivity index (χ2v) is 5.86. The second kappa shape index (κ2) is 10.9. The molecule has 5 nitrogen and oxygen atoms in total. The average Bonchev–Trinajstić information content (AvgIpc) is 2.90. The lowest BCUT2D eigenvalue weighted by Gasteiger charge is -2.22. The smallest absolute Gasteiger partial charge is 0.191 e. The molecular weight excluding hydrogens is 417 g/mol. The molecule has 1 atom stereocenters. The van der Waals surface area contributed by atoms with Crippen LogP contribution in [-0.4, -0.2) is 43.9 Å². The maximum absolute atomic E-state index is 10.9. The van der Waals surface area contributed by atoms with Crippen molar-refractivity contribution in [1.29, 1.82) is 0 Å². The van der Waals surface area contributed by atoms with Crippen molar-refractivity contribution in [2.24, 2.45) is 4.99 Å². The average molecular weight is 447 g/mol. The summed E-state index contributed by atoms with van der Waals surface area (Å²) in [5.41, 5.74) is 1.42. The monoisotopic (exact) mass is 447 g/mol. The number of hydrogen-bond donors (Lipinski definition) is 3.